The van der Waals surface area contributed by atoms with Crippen molar-refractivity contribution in [1.29, 1.82) is 0 Å². The Bertz CT molecular complexity index is 575. The van der Waals surface area contributed by atoms with Crippen molar-refractivity contribution in [2.75, 3.05) is 12.3 Å². The number of benzene rings is 1. The smallest absolute Gasteiger partial charge is 0.340 e. The summed E-state index contributed by atoms with van der Waals surface area (Å²) in [7, 11) is 0. The quantitative estimate of drug-likeness (QED) is 0.662. The van der Waals surface area contributed by atoms with Gasteiger partial charge < -0.3 is 10.5 Å². The predicted molar refractivity (Wildman–Crippen MR) is 68.7 cm³/mol. The van der Waals surface area contributed by atoms with Gasteiger partial charge in [0.2, 0.25) is 0 Å². The minimum absolute atomic E-state index is 0.325. The first kappa shape index (κ1) is 12.2. The van der Waals surface area contributed by atoms with Crippen molar-refractivity contribution in [2.45, 2.75) is 13.8 Å². The second-order valence-corrected chi connectivity index (χ2v) is 3.96. The van der Waals surface area contributed by atoms with Gasteiger partial charge in [-0.15, -0.1) is 0 Å². The molecule has 0 aliphatic rings. The van der Waals surface area contributed by atoms with Crippen molar-refractivity contribution in [2.24, 2.45) is 0 Å². The van der Waals surface area contributed by atoms with E-state index < -0.39 is 5.97 Å². The van der Waals surface area contributed by atoms with Crippen LogP contribution >= 0.6 is 0 Å². The summed E-state index contributed by atoms with van der Waals surface area (Å²) < 4.78 is 6.66. The lowest BCUT2D eigenvalue weighted by Gasteiger charge is -2.09. The van der Waals surface area contributed by atoms with E-state index in [1.807, 2.05) is 13.1 Å². The van der Waals surface area contributed by atoms with Crippen molar-refractivity contribution in [3.8, 4) is 5.69 Å². The average Bonchev–Trinajstić information content (AvgIpc) is 2.76. The summed E-state index contributed by atoms with van der Waals surface area (Å²) in [6, 6.07) is 5.09. The van der Waals surface area contributed by atoms with E-state index in [1.165, 1.54) is 0 Å². The second-order valence-electron chi connectivity index (χ2n) is 3.96. The zero-order chi connectivity index (χ0) is 13.1. The molecule has 1 aromatic carbocycles. The Labute approximate surface area is 105 Å². The van der Waals surface area contributed by atoms with Gasteiger partial charge in [0.15, 0.2) is 0 Å². The molecular weight excluding hydrogens is 230 g/mol. The number of esters is 1. The third-order valence-corrected chi connectivity index (χ3v) is 2.47. The van der Waals surface area contributed by atoms with Crippen molar-refractivity contribution < 1.29 is 9.53 Å². The van der Waals surface area contributed by atoms with E-state index >= 15 is 0 Å². The molecule has 2 N–H and O–H groups in total. The average molecular weight is 245 g/mol. The van der Waals surface area contributed by atoms with Crippen LogP contribution in [-0.2, 0) is 4.74 Å². The number of rotatable bonds is 3. The summed E-state index contributed by atoms with van der Waals surface area (Å²) >= 11 is 0. The first-order valence-electron chi connectivity index (χ1n) is 5.70. The molecule has 18 heavy (non-hydrogen) atoms. The molecule has 0 radical (unpaired) electrons. The van der Waals surface area contributed by atoms with E-state index in [-0.39, 0.29) is 0 Å². The van der Waals surface area contributed by atoms with E-state index in [4.69, 9.17) is 10.5 Å². The Morgan fingerprint density at radius 3 is 2.89 bits per heavy atom. The van der Waals surface area contributed by atoms with E-state index in [0.717, 1.165) is 5.56 Å². The number of hydrogen-bond acceptors (Lipinski definition) is 4. The summed E-state index contributed by atoms with van der Waals surface area (Å²) in [6.45, 7) is 4.03. The number of carbonyl (C=O) groups excluding carboxylic acids is 1. The Balaban J connectivity index is 2.50. The van der Waals surface area contributed by atoms with Crippen molar-refractivity contribution >= 4 is 11.7 Å². The summed E-state index contributed by atoms with van der Waals surface area (Å²) in [4.78, 5) is 11.9. The molecule has 0 aliphatic carbocycles. The van der Waals surface area contributed by atoms with Crippen LogP contribution < -0.4 is 5.73 Å². The van der Waals surface area contributed by atoms with Gasteiger partial charge in [-0.2, -0.15) is 5.10 Å². The van der Waals surface area contributed by atoms with E-state index in [0.29, 0.717) is 23.5 Å². The van der Waals surface area contributed by atoms with Crippen LogP contribution in [0.2, 0.25) is 0 Å². The normalized spacial score (nSPS) is 10.3. The standard InChI is InChI=1S/C13H15N3O2/c1-3-18-13(17)11-6-10(14)4-5-12(11)16-8-9(2)7-15-16/h4-8H,3,14H2,1-2H3. The Morgan fingerprint density at radius 1 is 1.50 bits per heavy atom. The topological polar surface area (TPSA) is 70.1 Å². The summed E-state index contributed by atoms with van der Waals surface area (Å²) in [5.74, 6) is -0.395. The van der Waals surface area contributed by atoms with Gasteiger partial charge in [-0.05, 0) is 37.6 Å². The van der Waals surface area contributed by atoms with E-state index in [2.05, 4.69) is 5.10 Å². The highest BCUT2D eigenvalue weighted by Gasteiger charge is 2.14. The molecule has 0 fully saturated rings. The summed E-state index contributed by atoms with van der Waals surface area (Å²) in [6.07, 6.45) is 3.57. The van der Waals surface area contributed by atoms with Crippen LogP contribution in [-0.4, -0.2) is 22.4 Å². The first-order valence-corrected chi connectivity index (χ1v) is 5.70. The number of ether oxygens (including phenoxy) is 1. The lowest BCUT2D eigenvalue weighted by Crippen LogP contribution is -2.10. The molecule has 0 amide bonds. The molecule has 2 rings (SSSR count). The van der Waals surface area contributed by atoms with Crippen LogP contribution in [0.3, 0.4) is 0 Å². The fourth-order valence-electron chi connectivity index (χ4n) is 1.67. The maximum absolute atomic E-state index is 11.9. The van der Waals surface area contributed by atoms with Gasteiger partial charge in [0, 0.05) is 11.9 Å². The second kappa shape index (κ2) is 4.91. The predicted octanol–water partition coefficient (Wildman–Crippen LogP) is 1.94. The fourth-order valence-corrected chi connectivity index (χ4v) is 1.67. The van der Waals surface area contributed by atoms with Gasteiger partial charge in [0.25, 0.3) is 0 Å². The molecular formula is C13H15N3O2. The number of aryl methyl sites for hydroxylation is 1. The zero-order valence-electron chi connectivity index (χ0n) is 10.4. The number of carbonyl (C=O) groups is 1. The lowest BCUT2D eigenvalue weighted by atomic mass is 10.1. The molecule has 0 bridgehead atoms. The van der Waals surface area contributed by atoms with Crippen LogP contribution in [0.15, 0.2) is 30.6 Å². The highest BCUT2D eigenvalue weighted by molar-refractivity contribution is 5.94. The minimum atomic E-state index is -0.395. The molecule has 1 aromatic heterocycles. The van der Waals surface area contributed by atoms with Crippen LogP contribution in [0.5, 0.6) is 0 Å². The molecule has 0 aliphatic heterocycles. The maximum Gasteiger partial charge on any atom is 0.340 e. The molecule has 5 heteroatoms. The van der Waals surface area contributed by atoms with Gasteiger partial charge in [0.1, 0.15) is 0 Å². The molecule has 0 unspecified atom stereocenters. The molecule has 0 spiro atoms. The molecule has 1 heterocycles. The fraction of sp³-hybridized carbons (Fsp3) is 0.231. The van der Waals surface area contributed by atoms with Crippen LogP contribution in [0, 0.1) is 6.92 Å². The van der Waals surface area contributed by atoms with E-state index in [9.17, 15) is 4.79 Å². The largest absolute Gasteiger partial charge is 0.462 e. The Morgan fingerprint density at radius 2 is 2.28 bits per heavy atom. The molecule has 2 aromatic rings. The minimum Gasteiger partial charge on any atom is -0.462 e. The van der Waals surface area contributed by atoms with Crippen molar-refractivity contribution in [3.63, 3.8) is 0 Å². The SMILES string of the molecule is CCOC(=O)c1cc(N)ccc1-n1cc(C)cn1. The molecule has 0 saturated heterocycles. The van der Waals surface area contributed by atoms with Crippen LogP contribution in [0.4, 0.5) is 5.69 Å². The highest BCUT2D eigenvalue weighted by atomic mass is 16.5. The van der Waals surface area contributed by atoms with Gasteiger partial charge in [-0.1, -0.05) is 0 Å². The number of nitrogens with two attached hydrogens (primary N) is 1. The summed E-state index contributed by atoms with van der Waals surface area (Å²) in [5.41, 5.74) is 8.32. The van der Waals surface area contributed by atoms with Crippen molar-refractivity contribution in [1.82, 2.24) is 9.78 Å². The number of aromatic nitrogens is 2. The monoisotopic (exact) mass is 245 g/mol. The molecule has 5 nitrogen and oxygen atoms in total. The first-order chi connectivity index (χ1) is 8.61. The van der Waals surface area contributed by atoms with Crippen LogP contribution in [0.1, 0.15) is 22.8 Å². The van der Waals surface area contributed by atoms with Gasteiger partial charge >= 0.3 is 5.97 Å². The molecule has 0 saturated carbocycles. The zero-order valence-corrected chi connectivity index (χ0v) is 10.4. The summed E-state index contributed by atoms with van der Waals surface area (Å²) in [5, 5.41) is 4.19. The Kier molecular flexibility index (Phi) is 3.32. The maximum atomic E-state index is 11.9. The number of anilines is 1. The Hall–Kier alpha value is -2.30. The third-order valence-electron chi connectivity index (χ3n) is 2.47. The van der Waals surface area contributed by atoms with Crippen LogP contribution in [0.25, 0.3) is 5.69 Å². The van der Waals surface area contributed by atoms with Gasteiger partial charge in [-0.25, -0.2) is 9.48 Å². The number of nitrogen functional groups attached to an aromatic ring is 1. The highest BCUT2D eigenvalue weighted by Crippen LogP contribution is 2.19. The van der Waals surface area contributed by atoms with Crippen molar-refractivity contribution in [3.05, 3.63) is 41.7 Å². The van der Waals surface area contributed by atoms with Gasteiger partial charge in [0.05, 0.1) is 24.1 Å². The molecule has 0 atom stereocenters. The number of hydrogen-bond donors (Lipinski definition) is 1. The molecule has 94 valence electrons. The van der Waals surface area contributed by atoms with E-state index in [1.54, 1.807) is 36.0 Å². The van der Waals surface area contributed by atoms with Gasteiger partial charge in [-0.3, -0.25) is 0 Å². The third kappa shape index (κ3) is 2.34. The number of nitrogens with zero attached hydrogens (tertiary/aromatic N) is 2. The lowest BCUT2D eigenvalue weighted by molar-refractivity contribution is 0.0526.